The first-order valence-corrected chi connectivity index (χ1v) is 6.52. The zero-order valence-electron chi connectivity index (χ0n) is 10.8. The first-order valence-electron chi connectivity index (χ1n) is 6.15. The summed E-state index contributed by atoms with van der Waals surface area (Å²) in [5.74, 6) is 0.626. The van der Waals surface area contributed by atoms with Crippen molar-refractivity contribution in [3.8, 4) is 0 Å². The van der Waals surface area contributed by atoms with Gasteiger partial charge < -0.3 is 5.73 Å². The molecule has 5 heteroatoms. The van der Waals surface area contributed by atoms with Gasteiger partial charge in [0.25, 0.3) is 0 Å². The number of aromatic nitrogens is 2. The van der Waals surface area contributed by atoms with E-state index in [1.807, 2.05) is 14.0 Å². The van der Waals surface area contributed by atoms with Gasteiger partial charge in [-0.1, -0.05) is 11.6 Å². The molecule has 0 amide bonds. The molecule has 96 valence electrons. The summed E-state index contributed by atoms with van der Waals surface area (Å²) < 4.78 is 1.74. The molecule has 1 saturated heterocycles. The van der Waals surface area contributed by atoms with Crippen LogP contribution in [-0.2, 0) is 13.6 Å². The minimum atomic E-state index is 0.583. The first kappa shape index (κ1) is 12.9. The molecule has 2 heterocycles. The number of halogens is 1. The van der Waals surface area contributed by atoms with E-state index in [-0.39, 0.29) is 0 Å². The lowest BCUT2D eigenvalue weighted by atomic mass is 10.1. The smallest absolute Gasteiger partial charge is 0.131 e. The van der Waals surface area contributed by atoms with Crippen LogP contribution in [0.5, 0.6) is 0 Å². The molecule has 0 aliphatic carbocycles. The number of likely N-dealkylation sites (tertiary alicyclic amines) is 1. The molecule has 4 nitrogen and oxygen atoms in total. The highest BCUT2D eigenvalue weighted by Gasteiger charge is 2.29. The lowest BCUT2D eigenvalue weighted by Crippen LogP contribution is -2.27. The number of hydrogen-bond acceptors (Lipinski definition) is 3. The van der Waals surface area contributed by atoms with Crippen LogP contribution in [0.2, 0.25) is 5.15 Å². The summed E-state index contributed by atoms with van der Waals surface area (Å²) in [5, 5.41) is 5.11. The second-order valence-electron chi connectivity index (χ2n) is 5.09. The molecule has 0 spiro atoms. The molecule has 2 unspecified atom stereocenters. The summed E-state index contributed by atoms with van der Waals surface area (Å²) in [4.78, 5) is 2.45. The van der Waals surface area contributed by atoms with Crippen LogP contribution < -0.4 is 5.73 Å². The predicted molar refractivity (Wildman–Crippen MR) is 70.0 cm³/mol. The third kappa shape index (κ3) is 2.49. The fraction of sp³-hybridized carbons (Fsp3) is 0.750. The van der Waals surface area contributed by atoms with Crippen molar-refractivity contribution in [3.63, 3.8) is 0 Å². The van der Waals surface area contributed by atoms with E-state index >= 15 is 0 Å². The Morgan fingerprint density at radius 3 is 2.71 bits per heavy atom. The molecule has 2 rings (SSSR count). The Morgan fingerprint density at radius 1 is 1.53 bits per heavy atom. The van der Waals surface area contributed by atoms with Gasteiger partial charge in [-0.25, -0.2) is 0 Å². The summed E-state index contributed by atoms with van der Waals surface area (Å²) >= 11 is 6.26. The van der Waals surface area contributed by atoms with E-state index in [4.69, 9.17) is 17.3 Å². The van der Waals surface area contributed by atoms with Crippen LogP contribution in [0.4, 0.5) is 0 Å². The Bertz CT molecular complexity index is 401. The van der Waals surface area contributed by atoms with E-state index in [9.17, 15) is 0 Å². The van der Waals surface area contributed by atoms with E-state index in [0.717, 1.165) is 36.0 Å². The maximum atomic E-state index is 6.26. The number of aryl methyl sites for hydroxylation is 2. The normalized spacial score (nSPS) is 25.7. The van der Waals surface area contributed by atoms with E-state index < -0.39 is 0 Å². The Hall–Kier alpha value is -0.580. The van der Waals surface area contributed by atoms with Crippen molar-refractivity contribution in [2.75, 3.05) is 13.1 Å². The molecule has 2 atom stereocenters. The Labute approximate surface area is 108 Å². The average Bonchev–Trinajstić information content (AvgIpc) is 2.75. The third-order valence-electron chi connectivity index (χ3n) is 3.75. The molecule has 0 bridgehead atoms. The Balaban J connectivity index is 2.11. The quantitative estimate of drug-likeness (QED) is 0.893. The van der Waals surface area contributed by atoms with Gasteiger partial charge in [0.05, 0.1) is 5.69 Å². The molecule has 1 aromatic heterocycles. The van der Waals surface area contributed by atoms with Crippen LogP contribution in [0.25, 0.3) is 0 Å². The van der Waals surface area contributed by atoms with Gasteiger partial charge in [0.15, 0.2) is 0 Å². The highest BCUT2D eigenvalue weighted by Crippen LogP contribution is 2.27. The van der Waals surface area contributed by atoms with Gasteiger partial charge in [0.1, 0.15) is 5.15 Å². The minimum absolute atomic E-state index is 0.583. The number of rotatable bonds is 3. The first-order chi connectivity index (χ1) is 8.02. The molecule has 0 aromatic carbocycles. The number of nitrogens with zero attached hydrogens (tertiary/aromatic N) is 3. The largest absolute Gasteiger partial charge is 0.330 e. The fourth-order valence-corrected chi connectivity index (χ4v) is 2.90. The van der Waals surface area contributed by atoms with Crippen molar-refractivity contribution in [1.82, 2.24) is 14.7 Å². The van der Waals surface area contributed by atoms with Gasteiger partial charge in [-0.3, -0.25) is 9.58 Å². The highest BCUT2D eigenvalue weighted by molar-refractivity contribution is 6.30. The number of nitrogens with two attached hydrogens (primary N) is 1. The summed E-state index contributed by atoms with van der Waals surface area (Å²) in [5.41, 5.74) is 7.93. The maximum absolute atomic E-state index is 6.26. The molecular weight excluding hydrogens is 236 g/mol. The number of hydrogen-bond donors (Lipinski definition) is 1. The second kappa shape index (κ2) is 4.96. The Morgan fingerprint density at radius 2 is 2.24 bits per heavy atom. The second-order valence-corrected chi connectivity index (χ2v) is 5.45. The predicted octanol–water partition coefficient (Wildman–Crippen LogP) is 1.55. The molecular formula is C12H21ClN4. The van der Waals surface area contributed by atoms with E-state index in [0.29, 0.717) is 12.0 Å². The van der Waals surface area contributed by atoms with Crippen LogP contribution in [0.1, 0.15) is 24.6 Å². The molecule has 1 aromatic rings. The monoisotopic (exact) mass is 256 g/mol. The van der Waals surface area contributed by atoms with Gasteiger partial charge >= 0.3 is 0 Å². The zero-order chi connectivity index (χ0) is 12.6. The summed E-state index contributed by atoms with van der Waals surface area (Å²) in [6.45, 7) is 7.01. The molecule has 2 N–H and O–H groups in total. The standard InChI is InChI=1S/C12H21ClN4/c1-8-4-10(5-14)6-17(8)7-11-9(2)15-16(3)12(11)13/h8,10H,4-7,14H2,1-3H3. The van der Waals surface area contributed by atoms with Crippen LogP contribution in [0.3, 0.4) is 0 Å². The van der Waals surface area contributed by atoms with Gasteiger partial charge in [-0.15, -0.1) is 0 Å². The topological polar surface area (TPSA) is 47.1 Å². The molecule has 1 fully saturated rings. The van der Waals surface area contributed by atoms with Crippen LogP contribution in [-0.4, -0.2) is 33.8 Å². The lowest BCUT2D eigenvalue weighted by molar-refractivity contribution is 0.255. The van der Waals surface area contributed by atoms with Gasteiger partial charge in [-0.2, -0.15) is 5.10 Å². The molecule has 0 radical (unpaired) electrons. The van der Waals surface area contributed by atoms with Gasteiger partial charge in [0.2, 0.25) is 0 Å². The van der Waals surface area contributed by atoms with Gasteiger partial charge in [0, 0.05) is 31.7 Å². The SMILES string of the molecule is Cc1nn(C)c(Cl)c1CN1CC(CN)CC1C. The van der Waals surface area contributed by atoms with Crippen molar-refractivity contribution >= 4 is 11.6 Å². The minimum Gasteiger partial charge on any atom is -0.330 e. The van der Waals surface area contributed by atoms with Crippen LogP contribution in [0.15, 0.2) is 0 Å². The molecule has 17 heavy (non-hydrogen) atoms. The summed E-state index contributed by atoms with van der Waals surface area (Å²) in [6, 6.07) is 0.583. The van der Waals surface area contributed by atoms with E-state index in [1.54, 1.807) is 4.68 Å². The van der Waals surface area contributed by atoms with E-state index in [2.05, 4.69) is 16.9 Å². The van der Waals surface area contributed by atoms with Crippen molar-refractivity contribution in [1.29, 1.82) is 0 Å². The zero-order valence-corrected chi connectivity index (χ0v) is 11.5. The highest BCUT2D eigenvalue weighted by atomic mass is 35.5. The average molecular weight is 257 g/mol. The molecule has 0 saturated carbocycles. The molecule has 1 aliphatic heterocycles. The summed E-state index contributed by atoms with van der Waals surface area (Å²) in [6.07, 6.45) is 1.19. The van der Waals surface area contributed by atoms with Crippen molar-refractivity contribution < 1.29 is 0 Å². The molecule has 1 aliphatic rings. The maximum Gasteiger partial charge on any atom is 0.131 e. The third-order valence-corrected chi connectivity index (χ3v) is 4.23. The van der Waals surface area contributed by atoms with Crippen LogP contribution in [0, 0.1) is 12.8 Å². The van der Waals surface area contributed by atoms with Crippen molar-refractivity contribution in [3.05, 3.63) is 16.4 Å². The fourth-order valence-electron chi connectivity index (χ4n) is 2.67. The van der Waals surface area contributed by atoms with Crippen molar-refractivity contribution in [2.45, 2.75) is 32.9 Å². The van der Waals surface area contributed by atoms with Crippen molar-refractivity contribution in [2.24, 2.45) is 18.7 Å². The lowest BCUT2D eigenvalue weighted by Gasteiger charge is -2.20. The van der Waals surface area contributed by atoms with Crippen LogP contribution >= 0.6 is 11.6 Å². The van der Waals surface area contributed by atoms with Gasteiger partial charge in [-0.05, 0) is 32.7 Å². The summed E-state index contributed by atoms with van der Waals surface area (Å²) in [7, 11) is 1.88. The van der Waals surface area contributed by atoms with E-state index in [1.165, 1.54) is 6.42 Å². The Kier molecular flexibility index (Phi) is 3.76.